The maximum absolute atomic E-state index is 12.5. The molecule has 0 saturated carbocycles. The van der Waals surface area contributed by atoms with Crippen molar-refractivity contribution in [1.82, 2.24) is 5.32 Å². The first-order valence-corrected chi connectivity index (χ1v) is 30.4. The zero-order chi connectivity index (χ0) is 48.6. The van der Waals surface area contributed by atoms with Crippen LogP contribution >= 0.6 is 0 Å². The number of carbonyl (C=O) groups is 2. The predicted octanol–water partition coefficient (Wildman–Crippen LogP) is 18.9. The number of carbonyl (C=O) groups excluding carboxylic acids is 2. The van der Waals surface area contributed by atoms with Crippen molar-refractivity contribution >= 4 is 11.9 Å². The van der Waals surface area contributed by atoms with Crippen LogP contribution in [-0.2, 0) is 14.3 Å². The molecule has 398 valence electrons. The first-order valence-electron chi connectivity index (χ1n) is 30.4. The normalized spacial score (nSPS) is 12.6. The van der Waals surface area contributed by atoms with Gasteiger partial charge in [0.25, 0.3) is 0 Å². The molecule has 0 saturated heterocycles. The molecule has 6 nitrogen and oxygen atoms in total. The van der Waals surface area contributed by atoms with Gasteiger partial charge < -0.3 is 20.3 Å². The van der Waals surface area contributed by atoms with Gasteiger partial charge in [-0.3, -0.25) is 9.59 Å². The van der Waals surface area contributed by atoms with Crippen molar-refractivity contribution in [3.05, 3.63) is 12.2 Å². The van der Waals surface area contributed by atoms with Gasteiger partial charge in [0.05, 0.1) is 25.4 Å². The molecule has 2 atom stereocenters. The Labute approximate surface area is 419 Å². The molecule has 0 aromatic rings. The smallest absolute Gasteiger partial charge is 0.305 e. The Balaban J connectivity index is 3.44. The molecule has 0 aliphatic carbocycles. The zero-order valence-corrected chi connectivity index (χ0v) is 45.4. The van der Waals surface area contributed by atoms with E-state index in [4.69, 9.17) is 4.74 Å². The first kappa shape index (κ1) is 65.6. The summed E-state index contributed by atoms with van der Waals surface area (Å²) in [4.78, 5) is 24.6. The van der Waals surface area contributed by atoms with E-state index in [1.165, 1.54) is 257 Å². The molecule has 67 heavy (non-hydrogen) atoms. The lowest BCUT2D eigenvalue weighted by Crippen LogP contribution is -2.45. The van der Waals surface area contributed by atoms with Crippen LogP contribution in [0.3, 0.4) is 0 Å². The quantitative estimate of drug-likeness (QED) is 0.0321. The van der Waals surface area contributed by atoms with Gasteiger partial charge in [0, 0.05) is 12.8 Å². The number of ether oxygens (including phenoxy) is 1. The van der Waals surface area contributed by atoms with Gasteiger partial charge in [-0.25, -0.2) is 0 Å². The van der Waals surface area contributed by atoms with E-state index in [0.717, 1.165) is 51.4 Å². The molecule has 0 rings (SSSR count). The number of nitrogens with one attached hydrogen (secondary N) is 1. The van der Waals surface area contributed by atoms with Gasteiger partial charge in [-0.05, 0) is 51.4 Å². The van der Waals surface area contributed by atoms with E-state index in [2.05, 4.69) is 31.3 Å². The Morgan fingerprint density at radius 3 is 1.06 bits per heavy atom. The van der Waals surface area contributed by atoms with Gasteiger partial charge in [-0.15, -0.1) is 0 Å². The van der Waals surface area contributed by atoms with Gasteiger partial charge in [0.1, 0.15) is 0 Å². The SMILES string of the molecule is CCCCCCCC/C=C\CCCCCCCC(=O)OCCCCCCCCCCCCCCCC(=O)NC(CO)C(O)CCCCCCCCCCCCCCCCCCCCCCCC. The molecule has 6 heteroatoms. The minimum atomic E-state index is -0.674. The highest BCUT2D eigenvalue weighted by molar-refractivity contribution is 5.76. The molecular weight excluding hydrogens is 827 g/mol. The number of aliphatic hydroxyl groups is 2. The third-order valence-electron chi connectivity index (χ3n) is 14.3. The molecule has 3 N–H and O–H groups in total. The Kier molecular flexibility index (Phi) is 56.0. The summed E-state index contributed by atoms with van der Waals surface area (Å²) in [5.41, 5.74) is 0. The fourth-order valence-corrected chi connectivity index (χ4v) is 9.64. The number of aliphatic hydroxyl groups excluding tert-OH is 2. The maximum Gasteiger partial charge on any atom is 0.305 e. The summed E-state index contributed by atoms with van der Waals surface area (Å²) >= 11 is 0. The second kappa shape index (κ2) is 57.2. The lowest BCUT2D eigenvalue weighted by Gasteiger charge is -2.22. The highest BCUT2D eigenvalue weighted by Crippen LogP contribution is 2.18. The monoisotopic (exact) mass is 946 g/mol. The Morgan fingerprint density at radius 2 is 0.701 bits per heavy atom. The molecule has 0 fully saturated rings. The number of unbranched alkanes of at least 4 members (excludes halogenated alkanes) is 44. The van der Waals surface area contributed by atoms with Crippen molar-refractivity contribution in [1.29, 1.82) is 0 Å². The van der Waals surface area contributed by atoms with Crippen LogP contribution in [0.5, 0.6) is 0 Å². The van der Waals surface area contributed by atoms with Gasteiger partial charge in [-0.1, -0.05) is 289 Å². The molecule has 0 aromatic heterocycles. The highest BCUT2D eigenvalue weighted by Gasteiger charge is 2.20. The van der Waals surface area contributed by atoms with Gasteiger partial charge in [0.15, 0.2) is 0 Å². The van der Waals surface area contributed by atoms with Crippen molar-refractivity contribution in [3.63, 3.8) is 0 Å². The minimum absolute atomic E-state index is 0.0121. The zero-order valence-electron chi connectivity index (χ0n) is 45.4. The molecule has 0 spiro atoms. The number of hydrogen-bond acceptors (Lipinski definition) is 5. The summed E-state index contributed by atoms with van der Waals surface area (Å²) in [5, 5.41) is 23.4. The van der Waals surface area contributed by atoms with E-state index in [-0.39, 0.29) is 18.5 Å². The largest absolute Gasteiger partial charge is 0.466 e. The minimum Gasteiger partial charge on any atom is -0.466 e. The number of amides is 1. The van der Waals surface area contributed by atoms with Crippen molar-refractivity contribution in [2.75, 3.05) is 13.2 Å². The van der Waals surface area contributed by atoms with Gasteiger partial charge >= 0.3 is 5.97 Å². The van der Waals surface area contributed by atoms with Crippen molar-refractivity contribution in [2.24, 2.45) is 0 Å². The Hall–Kier alpha value is -1.40. The predicted molar refractivity (Wildman–Crippen MR) is 292 cm³/mol. The summed E-state index contributed by atoms with van der Waals surface area (Å²) in [5.74, 6) is -0.0563. The van der Waals surface area contributed by atoms with Crippen molar-refractivity contribution < 1.29 is 24.5 Å². The van der Waals surface area contributed by atoms with Crippen LogP contribution in [0.25, 0.3) is 0 Å². The van der Waals surface area contributed by atoms with Crippen molar-refractivity contribution in [3.8, 4) is 0 Å². The van der Waals surface area contributed by atoms with Crippen LogP contribution in [-0.4, -0.2) is 47.4 Å². The molecule has 0 heterocycles. The van der Waals surface area contributed by atoms with Crippen LogP contribution in [0.15, 0.2) is 12.2 Å². The van der Waals surface area contributed by atoms with Crippen molar-refractivity contribution in [2.45, 2.75) is 353 Å². The van der Waals surface area contributed by atoms with Gasteiger partial charge in [0.2, 0.25) is 5.91 Å². The average Bonchev–Trinajstić information content (AvgIpc) is 3.33. The summed E-state index contributed by atoms with van der Waals surface area (Å²) < 4.78 is 5.47. The van der Waals surface area contributed by atoms with Crippen LogP contribution in [0, 0.1) is 0 Å². The maximum atomic E-state index is 12.5. The molecule has 0 aromatic carbocycles. The standard InChI is InChI=1S/C61H119NO5/c1-3-5-7-9-11-13-15-17-19-20-21-22-23-24-25-27-29-33-37-41-45-49-53-59(64)58(57-63)62-60(65)54-50-46-42-38-34-30-28-32-36-40-44-48-52-56-67-61(66)55-51-47-43-39-35-31-26-18-16-14-12-10-8-6-4-2/h18,26,58-59,63-64H,3-17,19-25,27-57H2,1-2H3,(H,62,65)/b26-18-. The third kappa shape index (κ3) is 53.8. The number of allylic oxidation sites excluding steroid dienone is 2. The van der Waals surface area contributed by atoms with Crippen LogP contribution in [0.1, 0.15) is 341 Å². The van der Waals surface area contributed by atoms with Crippen LogP contribution < -0.4 is 5.32 Å². The van der Waals surface area contributed by atoms with E-state index in [1.54, 1.807) is 0 Å². The molecular formula is C61H119NO5. The first-order chi connectivity index (χ1) is 33.0. The van der Waals surface area contributed by atoms with E-state index < -0.39 is 12.1 Å². The lowest BCUT2D eigenvalue weighted by atomic mass is 10.0. The summed E-state index contributed by atoms with van der Waals surface area (Å²) in [7, 11) is 0. The van der Waals surface area contributed by atoms with Crippen LogP contribution in [0.2, 0.25) is 0 Å². The molecule has 2 unspecified atom stereocenters. The second-order valence-electron chi connectivity index (χ2n) is 21.0. The Bertz CT molecular complexity index is 1000. The van der Waals surface area contributed by atoms with E-state index >= 15 is 0 Å². The number of hydrogen-bond donors (Lipinski definition) is 3. The molecule has 0 radical (unpaired) electrons. The molecule has 0 aliphatic heterocycles. The third-order valence-corrected chi connectivity index (χ3v) is 14.3. The number of rotatable bonds is 57. The molecule has 0 bridgehead atoms. The molecule has 1 amide bonds. The summed E-state index contributed by atoms with van der Waals surface area (Å²) in [6.45, 7) is 4.94. The van der Waals surface area contributed by atoms with E-state index in [9.17, 15) is 19.8 Å². The number of esters is 1. The van der Waals surface area contributed by atoms with Crippen LogP contribution in [0.4, 0.5) is 0 Å². The fraction of sp³-hybridized carbons (Fsp3) is 0.934. The highest BCUT2D eigenvalue weighted by atomic mass is 16.5. The lowest BCUT2D eigenvalue weighted by molar-refractivity contribution is -0.143. The Morgan fingerprint density at radius 1 is 0.403 bits per heavy atom. The van der Waals surface area contributed by atoms with E-state index in [0.29, 0.717) is 25.9 Å². The van der Waals surface area contributed by atoms with Gasteiger partial charge in [-0.2, -0.15) is 0 Å². The summed E-state index contributed by atoms with van der Waals surface area (Å²) in [6.07, 6.45) is 67.8. The topological polar surface area (TPSA) is 95.9 Å². The summed E-state index contributed by atoms with van der Waals surface area (Å²) in [6, 6.07) is -0.552. The van der Waals surface area contributed by atoms with E-state index in [1.807, 2.05) is 0 Å². The average molecular weight is 947 g/mol. The fourth-order valence-electron chi connectivity index (χ4n) is 9.64. The molecule has 0 aliphatic rings. The second-order valence-corrected chi connectivity index (χ2v) is 21.0.